The maximum absolute atomic E-state index is 12.2. The maximum atomic E-state index is 12.2. The zero-order valence-electron chi connectivity index (χ0n) is 16.3. The summed E-state index contributed by atoms with van der Waals surface area (Å²) in [6.07, 6.45) is 2.39. The molecular weight excluding hydrogens is 432 g/mol. The number of primary amides is 1. The Morgan fingerprint density at radius 3 is 2.50 bits per heavy atom. The number of ether oxygens (including phenoxy) is 1. The van der Waals surface area contributed by atoms with Crippen molar-refractivity contribution in [3.8, 4) is 5.75 Å². The Balaban J connectivity index is 2.02. The molecule has 0 saturated carbocycles. The summed E-state index contributed by atoms with van der Waals surface area (Å²) in [4.78, 5) is 22.9. The van der Waals surface area contributed by atoms with Crippen molar-refractivity contribution in [2.75, 3.05) is 23.7 Å². The highest BCUT2D eigenvalue weighted by Gasteiger charge is 2.22. The fourth-order valence-corrected chi connectivity index (χ4v) is 3.45. The fourth-order valence-electron chi connectivity index (χ4n) is 2.38. The van der Waals surface area contributed by atoms with Crippen molar-refractivity contribution in [3.05, 3.63) is 58.6 Å². The Hall–Kier alpha value is -3.11. The highest BCUT2D eigenvalue weighted by molar-refractivity contribution is 7.92. The summed E-state index contributed by atoms with van der Waals surface area (Å²) in [6.45, 7) is 1.03. The molecule has 3 N–H and O–H groups in total. The van der Waals surface area contributed by atoms with E-state index in [4.69, 9.17) is 22.1 Å². The van der Waals surface area contributed by atoms with E-state index in [0.717, 1.165) is 10.6 Å². The minimum Gasteiger partial charge on any atom is -0.484 e. The summed E-state index contributed by atoms with van der Waals surface area (Å²) in [5.74, 6) is -0.757. The Morgan fingerprint density at radius 1 is 1.23 bits per heavy atom. The van der Waals surface area contributed by atoms with Crippen molar-refractivity contribution in [2.45, 2.75) is 6.92 Å². The Morgan fingerprint density at radius 2 is 1.90 bits per heavy atom. The van der Waals surface area contributed by atoms with E-state index in [1.54, 1.807) is 43.3 Å². The number of aryl methyl sites for hydroxylation is 1. The molecule has 2 aromatic rings. The van der Waals surface area contributed by atoms with E-state index >= 15 is 0 Å². The second kappa shape index (κ2) is 10.1. The van der Waals surface area contributed by atoms with Crippen LogP contribution in [0.2, 0.25) is 5.02 Å². The first-order valence-electron chi connectivity index (χ1n) is 8.63. The van der Waals surface area contributed by atoms with Crippen LogP contribution in [0.15, 0.2) is 47.6 Å². The number of sulfonamides is 1. The molecule has 0 atom stereocenters. The minimum atomic E-state index is -3.73. The van der Waals surface area contributed by atoms with Gasteiger partial charge in [-0.25, -0.2) is 13.8 Å². The lowest BCUT2D eigenvalue weighted by atomic mass is 10.2. The first-order chi connectivity index (χ1) is 14.1. The number of rotatable bonds is 9. The molecule has 0 spiro atoms. The summed E-state index contributed by atoms with van der Waals surface area (Å²) in [6, 6.07) is 11.3. The van der Waals surface area contributed by atoms with Gasteiger partial charge in [0.05, 0.1) is 18.2 Å². The molecule has 0 radical (unpaired) electrons. The molecule has 2 aromatic carbocycles. The average molecular weight is 453 g/mol. The Labute approximate surface area is 179 Å². The number of nitrogens with two attached hydrogens (primary N) is 1. The number of carbonyl (C=O) groups excluding carboxylic acids is 2. The molecule has 9 nitrogen and oxygen atoms in total. The summed E-state index contributed by atoms with van der Waals surface area (Å²) in [7, 11) is -3.73. The first-order valence-corrected chi connectivity index (χ1v) is 10.9. The van der Waals surface area contributed by atoms with Gasteiger partial charge in [-0.1, -0.05) is 17.7 Å². The lowest BCUT2D eigenvalue weighted by Crippen LogP contribution is -2.39. The van der Waals surface area contributed by atoms with E-state index in [9.17, 15) is 18.0 Å². The fraction of sp³-hybridized carbons (Fsp3) is 0.211. The molecule has 11 heteroatoms. The number of hydrogen-bond acceptors (Lipinski definition) is 6. The summed E-state index contributed by atoms with van der Waals surface area (Å²) >= 11 is 5.97. The van der Waals surface area contributed by atoms with Gasteiger partial charge in [-0.05, 0) is 54.4 Å². The van der Waals surface area contributed by atoms with Crippen LogP contribution in [0.1, 0.15) is 11.1 Å². The van der Waals surface area contributed by atoms with E-state index in [2.05, 4.69) is 10.5 Å². The van der Waals surface area contributed by atoms with Gasteiger partial charge in [0.2, 0.25) is 10.0 Å². The molecule has 0 aliphatic rings. The largest absolute Gasteiger partial charge is 0.484 e. The SMILES string of the molecule is Cc1ccc(Cl)cc1N(CC(=O)N/N=C\c1ccc(OCC(N)=O)cc1)S(C)(=O)=O. The number of anilines is 1. The van der Waals surface area contributed by atoms with Gasteiger partial charge in [0.15, 0.2) is 6.61 Å². The van der Waals surface area contributed by atoms with Crippen molar-refractivity contribution >= 4 is 45.3 Å². The van der Waals surface area contributed by atoms with E-state index < -0.39 is 28.4 Å². The number of nitrogens with zero attached hydrogens (tertiary/aromatic N) is 2. The van der Waals surface area contributed by atoms with Gasteiger partial charge >= 0.3 is 0 Å². The molecule has 160 valence electrons. The number of benzene rings is 2. The van der Waals surface area contributed by atoms with Gasteiger partial charge < -0.3 is 10.5 Å². The van der Waals surface area contributed by atoms with Crippen LogP contribution in [0.3, 0.4) is 0 Å². The number of halogens is 1. The topological polar surface area (TPSA) is 131 Å². The summed E-state index contributed by atoms with van der Waals surface area (Å²) < 4.78 is 30.5. The summed E-state index contributed by atoms with van der Waals surface area (Å²) in [5, 5.41) is 4.18. The van der Waals surface area contributed by atoms with Crippen LogP contribution in [-0.4, -0.2) is 45.9 Å². The molecule has 0 bridgehead atoms. The molecule has 0 aliphatic heterocycles. The van der Waals surface area contributed by atoms with Gasteiger partial charge in [-0.2, -0.15) is 5.10 Å². The third-order valence-electron chi connectivity index (χ3n) is 3.79. The standard InChI is InChI=1S/C19H21ClN4O5S/c1-13-3-6-15(20)9-17(13)24(30(2,27)28)11-19(26)23-22-10-14-4-7-16(8-5-14)29-12-18(21)25/h3-10H,11-12H2,1-2H3,(H2,21,25)(H,23,26)/b22-10-. The molecule has 0 saturated heterocycles. The van der Waals surface area contributed by atoms with Crippen LogP contribution in [0, 0.1) is 6.92 Å². The second-order valence-corrected chi connectivity index (χ2v) is 8.66. The third kappa shape index (κ3) is 7.05. The highest BCUT2D eigenvalue weighted by Crippen LogP contribution is 2.26. The predicted molar refractivity (Wildman–Crippen MR) is 115 cm³/mol. The molecule has 2 amide bonds. The van der Waals surface area contributed by atoms with Gasteiger partial charge in [0.25, 0.3) is 11.8 Å². The van der Waals surface area contributed by atoms with E-state index in [-0.39, 0.29) is 6.61 Å². The number of carbonyl (C=O) groups is 2. The van der Waals surface area contributed by atoms with E-state index in [0.29, 0.717) is 27.6 Å². The van der Waals surface area contributed by atoms with Crippen LogP contribution in [-0.2, 0) is 19.6 Å². The molecule has 0 aliphatic carbocycles. The zero-order chi connectivity index (χ0) is 22.3. The number of hydrazone groups is 1. The average Bonchev–Trinajstić information content (AvgIpc) is 2.66. The van der Waals surface area contributed by atoms with Crippen LogP contribution in [0.25, 0.3) is 0 Å². The van der Waals surface area contributed by atoms with Gasteiger partial charge in [0.1, 0.15) is 12.3 Å². The first kappa shape index (κ1) is 23.2. The molecule has 2 rings (SSSR count). The van der Waals surface area contributed by atoms with Crippen LogP contribution in [0.5, 0.6) is 5.75 Å². The molecule has 30 heavy (non-hydrogen) atoms. The maximum Gasteiger partial charge on any atom is 0.260 e. The van der Waals surface area contributed by atoms with Gasteiger partial charge in [-0.15, -0.1) is 0 Å². The number of nitrogens with one attached hydrogen (secondary N) is 1. The van der Waals surface area contributed by atoms with Crippen molar-refractivity contribution in [2.24, 2.45) is 10.8 Å². The predicted octanol–water partition coefficient (Wildman–Crippen LogP) is 1.43. The molecule has 0 fully saturated rings. The molecule has 0 unspecified atom stereocenters. The molecular formula is C19H21ClN4O5S. The number of amides is 2. The molecule has 0 heterocycles. The smallest absolute Gasteiger partial charge is 0.260 e. The van der Waals surface area contributed by atoms with Crippen molar-refractivity contribution in [1.29, 1.82) is 0 Å². The van der Waals surface area contributed by atoms with E-state index in [1.807, 2.05) is 0 Å². The third-order valence-corrected chi connectivity index (χ3v) is 5.15. The quantitative estimate of drug-likeness (QED) is 0.439. The van der Waals surface area contributed by atoms with Crippen LogP contribution < -0.4 is 20.2 Å². The summed E-state index contributed by atoms with van der Waals surface area (Å²) in [5.41, 5.74) is 8.91. The minimum absolute atomic E-state index is 0.230. The normalized spacial score (nSPS) is 11.3. The number of hydrogen-bond donors (Lipinski definition) is 2. The van der Waals surface area contributed by atoms with Crippen LogP contribution in [0.4, 0.5) is 5.69 Å². The second-order valence-electron chi connectivity index (χ2n) is 6.32. The monoisotopic (exact) mass is 452 g/mol. The molecule has 0 aromatic heterocycles. The zero-order valence-corrected chi connectivity index (χ0v) is 17.9. The van der Waals surface area contributed by atoms with Crippen molar-refractivity contribution in [3.63, 3.8) is 0 Å². The van der Waals surface area contributed by atoms with Crippen LogP contribution >= 0.6 is 11.6 Å². The van der Waals surface area contributed by atoms with E-state index in [1.165, 1.54) is 12.3 Å². The Bertz CT molecular complexity index is 1060. The van der Waals surface area contributed by atoms with Crippen molar-refractivity contribution in [1.82, 2.24) is 5.43 Å². The highest BCUT2D eigenvalue weighted by atomic mass is 35.5. The van der Waals surface area contributed by atoms with Gasteiger partial charge in [0, 0.05) is 5.02 Å². The lowest BCUT2D eigenvalue weighted by molar-refractivity contribution is -0.120. The van der Waals surface area contributed by atoms with Crippen molar-refractivity contribution < 1.29 is 22.7 Å². The lowest BCUT2D eigenvalue weighted by Gasteiger charge is -2.23. The van der Waals surface area contributed by atoms with Gasteiger partial charge in [-0.3, -0.25) is 13.9 Å². The Kier molecular flexibility index (Phi) is 7.79.